The van der Waals surface area contributed by atoms with Crippen LogP contribution in [0, 0.1) is 6.92 Å². The number of rotatable bonds is 9. The van der Waals surface area contributed by atoms with Gasteiger partial charge in [-0.3, -0.25) is 0 Å². The molecule has 2 N–H and O–H groups in total. The van der Waals surface area contributed by atoms with Crippen LogP contribution in [0.1, 0.15) is 11.1 Å². The maximum Gasteiger partial charge on any atom is 0.281 e. The minimum Gasteiger partial charge on any atom is -0.858 e. The molecule has 2 aromatic carbocycles. The molecule has 0 aliphatic rings. The first kappa shape index (κ1) is 20.7. The number of nitrogens with zero attached hydrogens (tertiary/aromatic N) is 1. The average molecular weight is 394 g/mol. The van der Waals surface area contributed by atoms with Gasteiger partial charge in [-0.1, -0.05) is 17.7 Å². The van der Waals surface area contributed by atoms with E-state index < -0.39 is 15.9 Å². The summed E-state index contributed by atoms with van der Waals surface area (Å²) in [6.07, 6.45) is 0. The van der Waals surface area contributed by atoms with Gasteiger partial charge in [0.25, 0.3) is 10.0 Å². The van der Waals surface area contributed by atoms with E-state index >= 15 is 0 Å². The average Bonchev–Trinajstić information content (AvgIpc) is 2.64. The monoisotopic (exact) mass is 394 g/mol. The van der Waals surface area contributed by atoms with Gasteiger partial charge in [0.05, 0.1) is 18.1 Å². The summed E-state index contributed by atoms with van der Waals surface area (Å²) in [5.74, 6) is -0.588. The molecule has 8 nitrogen and oxygen atoms in total. The Morgan fingerprint density at radius 1 is 1.00 bits per heavy atom. The summed E-state index contributed by atoms with van der Waals surface area (Å²) in [5, 5.41) is 30.1. The molecule has 0 aliphatic heterocycles. The van der Waals surface area contributed by atoms with Crippen LogP contribution in [0.2, 0.25) is 0 Å². The molecule has 0 saturated carbocycles. The fourth-order valence-electron chi connectivity index (χ4n) is 2.11. The third-order valence-electron chi connectivity index (χ3n) is 3.37. The first-order chi connectivity index (χ1) is 12.9. The number of aliphatic hydroxyl groups excluding tert-OH is 2. The van der Waals surface area contributed by atoms with Gasteiger partial charge in [-0.05, 0) is 36.8 Å². The van der Waals surface area contributed by atoms with E-state index in [0.29, 0.717) is 0 Å². The number of aliphatic hydroxyl groups is 2. The topological polar surface area (TPSA) is 128 Å². The number of aryl methyl sites for hydroxylation is 1. The predicted molar refractivity (Wildman–Crippen MR) is 96.5 cm³/mol. The Balaban J connectivity index is 2.38. The summed E-state index contributed by atoms with van der Waals surface area (Å²) in [5.41, 5.74) is 0.814. The minimum atomic E-state index is -4.17. The molecule has 0 aromatic heterocycles. The maximum atomic E-state index is 12.4. The molecule has 0 heterocycles. The van der Waals surface area contributed by atoms with E-state index in [1.807, 2.05) is 6.92 Å². The maximum absolute atomic E-state index is 12.4. The second kappa shape index (κ2) is 9.36. The number of sulfonamides is 1. The molecule has 0 atom stereocenters. The Morgan fingerprint density at radius 3 is 2.00 bits per heavy atom. The van der Waals surface area contributed by atoms with Crippen LogP contribution in [0.5, 0.6) is 11.5 Å². The summed E-state index contributed by atoms with van der Waals surface area (Å²) < 4.78 is 38.5. The molecule has 146 valence electrons. The smallest absolute Gasteiger partial charge is 0.281 e. The first-order valence-electron chi connectivity index (χ1n) is 8.07. The van der Waals surface area contributed by atoms with Gasteiger partial charge in [0.15, 0.2) is 0 Å². The number of benzene rings is 2. The predicted octanol–water partition coefficient (Wildman–Crippen LogP) is 0.233. The molecule has 27 heavy (non-hydrogen) atoms. The fourth-order valence-corrected chi connectivity index (χ4v) is 3.02. The Morgan fingerprint density at radius 2 is 1.52 bits per heavy atom. The van der Waals surface area contributed by atoms with Crippen LogP contribution in [0.3, 0.4) is 0 Å². The molecule has 0 radical (unpaired) electrons. The quantitative estimate of drug-likeness (QED) is 0.460. The lowest BCUT2D eigenvalue weighted by Crippen LogP contribution is -2.21. The van der Waals surface area contributed by atoms with E-state index in [9.17, 15) is 13.5 Å². The van der Waals surface area contributed by atoms with E-state index in [1.54, 1.807) is 12.1 Å². The number of hydrogen-bond acceptors (Lipinski definition) is 7. The molecule has 0 unspecified atom stereocenters. The van der Waals surface area contributed by atoms with Crippen molar-refractivity contribution < 1.29 is 33.2 Å². The van der Waals surface area contributed by atoms with Crippen molar-refractivity contribution in [3.05, 3.63) is 53.6 Å². The summed E-state index contributed by atoms with van der Waals surface area (Å²) >= 11 is 0. The molecule has 0 fully saturated rings. The highest BCUT2D eigenvalue weighted by atomic mass is 32.2. The molecule has 0 bridgehead atoms. The van der Waals surface area contributed by atoms with Crippen LogP contribution >= 0.6 is 0 Å². The van der Waals surface area contributed by atoms with Crippen LogP contribution < -0.4 is 14.6 Å². The van der Waals surface area contributed by atoms with E-state index in [-0.39, 0.29) is 48.4 Å². The van der Waals surface area contributed by atoms with Crippen LogP contribution in [0.15, 0.2) is 51.8 Å². The molecular formula is C18H20NO7S-. The minimum absolute atomic E-state index is 0.0180. The van der Waals surface area contributed by atoms with Gasteiger partial charge in [0, 0.05) is 12.0 Å². The zero-order valence-corrected chi connectivity index (χ0v) is 15.5. The lowest BCUT2D eigenvalue weighted by Gasteiger charge is -2.15. The highest BCUT2D eigenvalue weighted by molar-refractivity contribution is 7.90. The third-order valence-corrected chi connectivity index (χ3v) is 4.64. The summed E-state index contributed by atoms with van der Waals surface area (Å²) in [6, 6.07) is 10.0. The molecule has 2 rings (SSSR count). The van der Waals surface area contributed by atoms with Crippen LogP contribution in [0.25, 0.3) is 0 Å². The lowest BCUT2D eigenvalue weighted by atomic mass is 10.2. The highest BCUT2D eigenvalue weighted by Gasteiger charge is 2.13. The molecular weight excluding hydrogens is 374 g/mol. The fraction of sp³-hybridized carbons (Fsp3) is 0.278. The Labute approximate surface area is 157 Å². The molecule has 0 spiro atoms. The van der Waals surface area contributed by atoms with Gasteiger partial charge in [0.1, 0.15) is 24.7 Å². The van der Waals surface area contributed by atoms with Gasteiger partial charge < -0.3 is 24.8 Å². The van der Waals surface area contributed by atoms with Crippen LogP contribution in [0.4, 0.5) is 0 Å². The molecule has 0 amide bonds. The van der Waals surface area contributed by atoms with Crippen LogP contribution in [-0.2, 0) is 10.0 Å². The zero-order chi connectivity index (χ0) is 19.9. The van der Waals surface area contributed by atoms with Gasteiger partial charge >= 0.3 is 0 Å². The SMILES string of the molecule is Cc1ccc(S(=O)(=O)/N=C(\[O-])c2cc(OCCO)cc(OCCO)c2)cc1. The molecule has 2 aromatic rings. The van der Waals surface area contributed by atoms with Gasteiger partial charge in [-0.25, -0.2) is 0 Å². The first-order valence-corrected chi connectivity index (χ1v) is 9.51. The highest BCUT2D eigenvalue weighted by Crippen LogP contribution is 2.24. The van der Waals surface area contributed by atoms with Crippen molar-refractivity contribution in [1.29, 1.82) is 0 Å². The molecule has 0 saturated heterocycles. The van der Waals surface area contributed by atoms with E-state index in [4.69, 9.17) is 19.7 Å². The van der Waals surface area contributed by atoms with Crippen molar-refractivity contribution in [3.63, 3.8) is 0 Å². The normalized spacial score (nSPS) is 12.0. The number of ether oxygens (including phenoxy) is 2. The Hall–Kier alpha value is -2.62. The van der Waals surface area contributed by atoms with Gasteiger partial charge in [-0.15, -0.1) is 0 Å². The zero-order valence-electron chi connectivity index (χ0n) is 14.7. The number of hydrogen-bond donors (Lipinski definition) is 2. The largest absolute Gasteiger partial charge is 0.858 e. The Kier molecular flexibility index (Phi) is 7.17. The van der Waals surface area contributed by atoms with Crippen molar-refractivity contribution in [2.24, 2.45) is 4.40 Å². The van der Waals surface area contributed by atoms with E-state index in [0.717, 1.165) is 5.56 Å². The summed E-state index contributed by atoms with van der Waals surface area (Å²) in [7, 11) is -4.17. The van der Waals surface area contributed by atoms with Crippen molar-refractivity contribution in [1.82, 2.24) is 0 Å². The summed E-state index contributed by atoms with van der Waals surface area (Å²) in [6.45, 7) is 1.30. The van der Waals surface area contributed by atoms with Gasteiger partial charge in [0.2, 0.25) is 0 Å². The van der Waals surface area contributed by atoms with Gasteiger partial charge in [-0.2, -0.15) is 12.8 Å². The van der Waals surface area contributed by atoms with E-state index in [1.165, 1.54) is 30.3 Å². The molecule has 9 heteroatoms. The Bertz CT molecular complexity index is 866. The second-order valence-corrected chi connectivity index (χ2v) is 7.13. The standard InChI is InChI=1S/C18H21NO7S/c1-13-2-4-17(5-3-13)27(23,24)19-18(22)14-10-15(25-8-6-20)12-16(11-14)26-9-7-21/h2-5,10-12,20-21H,6-9H2,1H3,(H,19,22)/p-1. The van der Waals surface area contributed by atoms with Crippen molar-refractivity contribution in [3.8, 4) is 11.5 Å². The van der Waals surface area contributed by atoms with Crippen molar-refractivity contribution in [2.45, 2.75) is 11.8 Å². The van der Waals surface area contributed by atoms with Crippen LogP contribution in [-0.4, -0.2) is 51.0 Å². The van der Waals surface area contributed by atoms with E-state index in [2.05, 4.69) is 4.40 Å². The van der Waals surface area contributed by atoms with Crippen molar-refractivity contribution in [2.75, 3.05) is 26.4 Å². The molecule has 0 aliphatic carbocycles. The summed E-state index contributed by atoms with van der Waals surface area (Å²) in [4.78, 5) is -0.0918. The van der Waals surface area contributed by atoms with Crippen molar-refractivity contribution >= 4 is 15.9 Å². The second-order valence-electron chi connectivity index (χ2n) is 5.52. The third kappa shape index (κ3) is 5.95. The lowest BCUT2D eigenvalue weighted by molar-refractivity contribution is -0.212.